The zero-order chi connectivity index (χ0) is 13.9. The molecule has 0 spiro atoms. The molecule has 1 aromatic rings. The molecule has 0 radical (unpaired) electrons. The van der Waals surface area contributed by atoms with Crippen LogP contribution in [0.4, 0.5) is 11.6 Å². The number of carbonyl (C=O) groups is 1. The normalized spacial score (nSPS) is 10.2. The molecule has 19 heavy (non-hydrogen) atoms. The van der Waals surface area contributed by atoms with Crippen LogP contribution in [0.5, 0.6) is 0 Å². The number of unbranched alkanes of at least 4 members (excludes halogenated alkanes) is 1. The summed E-state index contributed by atoms with van der Waals surface area (Å²) in [6, 6.07) is 3.55. The summed E-state index contributed by atoms with van der Waals surface area (Å²) in [4.78, 5) is 11.5. The number of rotatable bonds is 9. The highest BCUT2D eigenvalue weighted by atomic mass is 16.5. The third-order valence-electron chi connectivity index (χ3n) is 2.52. The summed E-state index contributed by atoms with van der Waals surface area (Å²) < 4.78 is 4.95. The number of methoxy groups -OCH3 is 1. The Hall–Kier alpha value is -1.69. The molecule has 1 amide bonds. The maximum absolute atomic E-state index is 11.5. The van der Waals surface area contributed by atoms with Gasteiger partial charge < -0.3 is 15.4 Å². The number of ether oxygens (including phenoxy) is 1. The first-order valence-corrected chi connectivity index (χ1v) is 6.62. The summed E-state index contributed by atoms with van der Waals surface area (Å²) in [6.07, 6.45) is 3.32. The van der Waals surface area contributed by atoms with E-state index in [1.165, 1.54) is 0 Å². The largest absolute Gasteiger partial charge is 0.385 e. The van der Waals surface area contributed by atoms with Crippen LogP contribution in [-0.2, 0) is 9.53 Å². The van der Waals surface area contributed by atoms with Gasteiger partial charge in [0, 0.05) is 26.7 Å². The lowest BCUT2D eigenvalue weighted by Crippen LogP contribution is -2.13. The van der Waals surface area contributed by atoms with Crippen molar-refractivity contribution in [2.45, 2.75) is 32.6 Å². The second-order valence-corrected chi connectivity index (χ2v) is 4.23. The number of carbonyl (C=O) groups excluding carboxylic acids is 1. The Morgan fingerprint density at radius 1 is 1.26 bits per heavy atom. The van der Waals surface area contributed by atoms with Crippen molar-refractivity contribution in [1.29, 1.82) is 0 Å². The minimum absolute atomic E-state index is 0.0167. The molecular formula is C13H22N4O2. The molecule has 0 aliphatic heterocycles. The van der Waals surface area contributed by atoms with Crippen molar-refractivity contribution in [2.75, 3.05) is 30.9 Å². The maximum atomic E-state index is 11.5. The fourth-order valence-corrected chi connectivity index (χ4v) is 1.47. The lowest BCUT2D eigenvalue weighted by molar-refractivity contribution is -0.116. The quantitative estimate of drug-likeness (QED) is 0.669. The molecule has 0 unspecified atom stereocenters. The van der Waals surface area contributed by atoms with Crippen LogP contribution in [0.3, 0.4) is 0 Å². The summed E-state index contributed by atoms with van der Waals surface area (Å²) in [5.74, 6) is 1.17. The molecule has 0 aromatic carbocycles. The Morgan fingerprint density at radius 3 is 2.63 bits per heavy atom. The van der Waals surface area contributed by atoms with Crippen molar-refractivity contribution in [3.8, 4) is 0 Å². The number of nitrogens with one attached hydrogen (secondary N) is 2. The molecule has 0 aliphatic carbocycles. The van der Waals surface area contributed by atoms with Crippen molar-refractivity contribution in [2.24, 2.45) is 0 Å². The van der Waals surface area contributed by atoms with Crippen molar-refractivity contribution < 1.29 is 9.53 Å². The second kappa shape index (κ2) is 9.27. The molecular weight excluding hydrogens is 244 g/mol. The predicted octanol–water partition coefficient (Wildman–Crippen LogP) is 2.05. The summed E-state index contributed by atoms with van der Waals surface area (Å²) in [6.45, 7) is 3.55. The first-order chi connectivity index (χ1) is 9.26. The molecule has 6 nitrogen and oxygen atoms in total. The topological polar surface area (TPSA) is 76.1 Å². The van der Waals surface area contributed by atoms with Gasteiger partial charge in [-0.2, -0.15) is 0 Å². The third-order valence-corrected chi connectivity index (χ3v) is 2.52. The van der Waals surface area contributed by atoms with Gasteiger partial charge in [-0.1, -0.05) is 13.3 Å². The summed E-state index contributed by atoms with van der Waals surface area (Å²) in [7, 11) is 1.68. The van der Waals surface area contributed by atoms with Gasteiger partial charge in [0.05, 0.1) is 0 Å². The van der Waals surface area contributed by atoms with E-state index in [0.29, 0.717) is 24.7 Å². The fraction of sp³-hybridized carbons (Fsp3) is 0.615. The van der Waals surface area contributed by atoms with Crippen molar-refractivity contribution in [3.63, 3.8) is 0 Å². The molecule has 0 saturated heterocycles. The average Bonchev–Trinajstić information content (AvgIpc) is 2.43. The number of aromatic nitrogens is 2. The Bertz CT molecular complexity index is 367. The summed E-state index contributed by atoms with van der Waals surface area (Å²) >= 11 is 0. The van der Waals surface area contributed by atoms with E-state index in [2.05, 4.69) is 27.8 Å². The minimum Gasteiger partial charge on any atom is -0.385 e. The van der Waals surface area contributed by atoms with Crippen molar-refractivity contribution in [3.05, 3.63) is 12.1 Å². The SMILES string of the molecule is CCCCC(=O)Nc1ccc(NCCCOC)nn1. The second-order valence-electron chi connectivity index (χ2n) is 4.23. The zero-order valence-corrected chi connectivity index (χ0v) is 11.6. The van der Waals surface area contributed by atoms with Gasteiger partial charge >= 0.3 is 0 Å². The number of anilines is 2. The van der Waals surface area contributed by atoms with Gasteiger partial charge in [0.1, 0.15) is 5.82 Å². The molecule has 2 N–H and O–H groups in total. The molecule has 1 heterocycles. The van der Waals surface area contributed by atoms with Gasteiger partial charge in [0.2, 0.25) is 5.91 Å². The summed E-state index contributed by atoms with van der Waals surface area (Å²) in [5, 5.41) is 13.8. The van der Waals surface area contributed by atoms with E-state index in [4.69, 9.17) is 4.74 Å². The smallest absolute Gasteiger partial charge is 0.225 e. The molecule has 0 bridgehead atoms. The minimum atomic E-state index is -0.0167. The van der Waals surface area contributed by atoms with Gasteiger partial charge in [-0.15, -0.1) is 10.2 Å². The summed E-state index contributed by atoms with van der Waals surface area (Å²) in [5.41, 5.74) is 0. The Labute approximate surface area is 113 Å². The first kappa shape index (κ1) is 15.4. The van der Waals surface area contributed by atoms with Crippen LogP contribution in [0.25, 0.3) is 0 Å². The fourth-order valence-electron chi connectivity index (χ4n) is 1.47. The van der Waals surface area contributed by atoms with Crippen LogP contribution in [-0.4, -0.2) is 36.4 Å². The predicted molar refractivity (Wildman–Crippen MR) is 75.2 cm³/mol. The van der Waals surface area contributed by atoms with E-state index in [0.717, 1.165) is 25.8 Å². The van der Waals surface area contributed by atoms with E-state index in [-0.39, 0.29) is 5.91 Å². The number of nitrogens with zero attached hydrogens (tertiary/aromatic N) is 2. The Morgan fingerprint density at radius 2 is 2.00 bits per heavy atom. The Kier molecular flexibility index (Phi) is 7.50. The number of hydrogen-bond donors (Lipinski definition) is 2. The Balaban J connectivity index is 2.32. The van der Waals surface area contributed by atoms with Crippen LogP contribution in [0.2, 0.25) is 0 Å². The molecule has 1 aromatic heterocycles. The molecule has 0 saturated carbocycles. The molecule has 1 rings (SSSR count). The highest BCUT2D eigenvalue weighted by molar-refractivity contribution is 5.89. The maximum Gasteiger partial charge on any atom is 0.225 e. The van der Waals surface area contributed by atoms with E-state index in [1.807, 2.05) is 0 Å². The molecule has 0 aliphatic rings. The van der Waals surface area contributed by atoms with Gasteiger partial charge in [-0.25, -0.2) is 0 Å². The monoisotopic (exact) mass is 266 g/mol. The highest BCUT2D eigenvalue weighted by Crippen LogP contribution is 2.07. The van der Waals surface area contributed by atoms with E-state index in [9.17, 15) is 4.79 Å². The van der Waals surface area contributed by atoms with Crippen LogP contribution < -0.4 is 10.6 Å². The first-order valence-electron chi connectivity index (χ1n) is 6.62. The number of hydrogen-bond acceptors (Lipinski definition) is 5. The lowest BCUT2D eigenvalue weighted by atomic mass is 10.2. The lowest BCUT2D eigenvalue weighted by Gasteiger charge is -2.06. The third kappa shape index (κ3) is 6.71. The highest BCUT2D eigenvalue weighted by Gasteiger charge is 2.03. The molecule has 0 fully saturated rings. The molecule has 106 valence electrons. The van der Waals surface area contributed by atoms with Gasteiger partial charge in [0.15, 0.2) is 5.82 Å². The van der Waals surface area contributed by atoms with Crippen LogP contribution >= 0.6 is 0 Å². The van der Waals surface area contributed by atoms with Gasteiger partial charge in [-0.3, -0.25) is 4.79 Å². The van der Waals surface area contributed by atoms with E-state index >= 15 is 0 Å². The van der Waals surface area contributed by atoms with Crippen molar-refractivity contribution >= 4 is 17.5 Å². The zero-order valence-electron chi connectivity index (χ0n) is 11.6. The molecule has 6 heteroatoms. The van der Waals surface area contributed by atoms with Crippen LogP contribution in [0.15, 0.2) is 12.1 Å². The van der Waals surface area contributed by atoms with E-state index in [1.54, 1.807) is 19.2 Å². The van der Waals surface area contributed by atoms with Crippen molar-refractivity contribution in [1.82, 2.24) is 10.2 Å². The van der Waals surface area contributed by atoms with Crippen LogP contribution in [0.1, 0.15) is 32.6 Å². The van der Waals surface area contributed by atoms with Crippen LogP contribution in [0, 0.1) is 0 Å². The van der Waals surface area contributed by atoms with E-state index < -0.39 is 0 Å². The average molecular weight is 266 g/mol. The molecule has 0 atom stereocenters. The standard InChI is InChI=1S/C13H22N4O2/c1-3-4-6-13(18)15-12-8-7-11(16-17-12)14-9-5-10-19-2/h7-8H,3-6,9-10H2,1-2H3,(H,14,16)(H,15,17,18). The van der Waals surface area contributed by atoms with Gasteiger partial charge in [0.25, 0.3) is 0 Å². The van der Waals surface area contributed by atoms with Gasteiger partial charge in [-0.05, 0) is 25.0 Å². The number of amides is 1.